The van der Waals surface area contributed by atoms with Crippen LogP contribution in [0, 0.1) is 0 Å². The summed E-state index contributed by atoms with van der Waals surface area (Å²) in [6.07, 6.45) is 0.464. The number of hydrogen-bond acceptors (Lipinski definition) is 3. The fraction of sp³-hybridized carbons (Fsp3) is 0.350. The summed E-state index contributed by atoms with van der Waals surface area (Å²) in [6.45, 7) is 1.08. The molecule has 0 aromatic heterocycles. The van der Waals surface area contributed by atoms with E-state index in [1.807, 2.05) is 26.0 Å². The zero-order valence-electron chi connectivity index (χ0n) is 15.4. The van der Waals surface area contributed by atoms with Crippen molar-refractivity contribution < 1.29 is 23.0 Å². The summed E-state index contributed by atoms with van der Waals surface area (Å²) in [4.78, 5) is 12.6. The van der Waals surface area contributed by atoms with Gasteiger partial charge in [0.1, 0.15) is 0 Å². The number of hydrogen-bond donors (Lipinski definition) is 1. The number of halogens is 3. The molecule has 0 aliphatic heterocycles. The molecular formula is C20H22ClF2NO3. The molecule has 0 aliphatic rings. The molecule has 27 heavy (non-hydrogen) atoms. The molecule has 2 aromatic carbocycles. The topological polar surface area (TPSA) is 47.6 Å². The fourth-order valence-electron chi connectivity index (χ4n) is 2.60. The van der Waals surface area contributed by atoms with Gasteiger partial charge in [-0.25, -0.2) is 0 Å². The van der Waals surface area contributed by atoms with Crippen LogP contribution < -0.4 is 14.8 Å². The quantitative estimate of drug-likeness (QED) is 0.708. The second-order valence-electron chi connectivity index (χ2n) is 6.50. The van der Waals surface area contributed by atoms with Gasteiger partial charge >= 0.3 is 6.61 Å². The molecule has 0 unspecified atom stereocenters. The average Bonchev–Trinajstić information content (AvgIpc) is 2.61. The van der Waals surface area contributed by atoms with Crippen LogP contribution in [0.25, 0.3) is 0 Å². The van der Waals surface area contributed by atoms with Crippen LogP contribution in [0.5, 0.6) is 11.5 Å². The third-order valence-corrected chi connectivity index (χ3v) is 4.53. The first kappa shape index (κ1) is 21.0. The Morgan fingerprint density at radius 3 is 2.41 bits per heavy atom. The molecule has 0 spiro atoms. The van der Waals surface area contributed by atoms with Crippen molar-refractivity contribution in [2.24, 2.45) is 0 Å². The predicted octanol–water partition coefficient (Wildman–Crippen LogP) is 4.59. The van der Waals surface area contributed by atoms with E-state index in [-0.39, 0.29) is 17.4 Å². The number of rotatable bonds is 8. The SMILES string of the molecule is COc1ccc(CCNC(=O)C(C)(C)c2ccc(Cl)cc2)cc1OC(F)F. The van der Waals surface area contributed by atoms with Crippen molar-refractivity contribution in [2.45, 2.75) is 32.3 Å². The standard InChI is InChI=1S/C20H22ClF2NO3/c1-20(2,14-5-7-15(21)8-6-14)18(25)24-11-10-13-4-9-16(26-3)17(12-13)27-19(22)23/h4-9,12,19H,10-11H2,1-3H3,(H,24,25). The van der Waals surface area contributed by atoms with Crippen molar-refractivity contribution in [2.75, 3.05) is 13.7 Å². The van der Waals surface area contributed by atoms with E-state index >= 15 is 0 Å². The molecule has 1 N–H and O–H groups in total. The number of amides is 1. The highest BCUT2D eigenvalue weighted by molar-refractivity contribution is 6.30. The van der Waals surface area contributed by atoms with E-state index in [9.17, 15) is 13.6 Å². The fourth-order valence-corrected chi connectivity index (χ4v) is 2.73. The molecule has 0 radical (unpaired) electrons. The van der Waals surface area contributed by atoms with Gasteiger partial charge in [-0.1, -0.05) is 29.8 Å². The molecule has 0 bridgehead atoms. The molecule has 7 heteroatoms. The molecule has 0 aliphatic carbocycles. The Labute approximate surface area is 162 Å². The third kappa shape index (κ3) is 5.57. The van der Waals surface area contributed by atoms with E-state index in [0.717, 1.165) is 11.1 Å². The highest BCUT2D eigenvalue weighted by Gasteiger charge is 2.29. The van der Waals surface area contributed by atoms with E-state index in [4.69, 9.17) is 16.3 Å². The van der Waals surface area contributed by atoms with Gasteiger partial charge in [-0.2, -0.15) is 8.78 Å². The molecule has 1 amide bonds. The summed E-state index contributed by atoms with van der Waals surface area (Å²) in [5.41, 5.74) is 0.867. The Balaban J connectivity index is 1.98. The molecule has 0 saturated heterocycles. The number of nitrogens with one attached hydrogen (secondary N) is 1. The lowest BCUT2D eigenvalue weighted by atomic mass is 9.83. The van der Waals surface area contributed by atoms with Gasteiger partial charge in [0, 0.05) is 11.6 Å². The largest absolute Gasteiger partial charge is 0.493 e. The van der Waals surface area contributed by atoms with Crippen molar-refractivity contribution in [1.82, 2.24) is 5.32 Å². The number of ether oxygens (including phenoxy) is 2. The Bertz CT molecular complexity index is 779. The van der Waals surface area contributed by atoms with Crippen LogP contribution in [0.3, 0.4) is 0 Å². The summed E-state index contributed by atoms with van der Waals surface area (Å²) < 4.78 is 34.5. The minimum Gasteiger partial charge on any atom is -0.493 e. The van der Waals surface area contributed by atoms with Gasteiger partial charge in [0.05, 0.1) is 12.5 Å². The Hall–Kier alpha value is -2.34. The third-order valence-electron chi connectivity index (χ3n) is 4.28. The van der Waals surface area contributed by atoms with Gasteiger partial charge in [-0.3, -0.25) is 4.79 Å². The molecule has 0 heterocycles. The van der Waals surface area contributed by atoms with Crippen LogP contribution in [0.15, 0.2) is 42.5 Å². The highest BCUT2D eigenvalue weighted by atomic mass is 35.5. The lowest BCUT2D eigenvalue weighted by Crippen LogP contribution is -2.40. The summed E-state index contributed by atoms with van der Waals surface area (Å²) in [7, 11) is 1.38. The van der Waals surface area contributed by atoms with Crippen molar-refractivity contribution >= 4 is 17.5 Å². The maximum absolute atomic E-state index is 12.6. The summed E-state index contributed by atoms with van der Waals surface area (Å²) in [5.74, 6) is 0.0622. The Morgan fingerprint density at radius 2 is 1.81 bits per heavy atom. The average molecular weight is 398 g/mol. The summed E-state index contributed by atoms with van der Waals surface area (Å²) in [5, 5.41) is 3.49. The van der Waals surface area contributed by atoms with E-state index in [1.54, 1.807) is 24.3 Å². The Kier molecular flexibility index (Phi) is 7.02. The number of carbonyl (C=O) groups excluding carboxylic acids is 1. The Morgan fingerprint density at radius 1 is 1.15 bits per heavy atom. The molecule has 2 rings (SSSR count). The van der Waals surface area contributed by atoms with Crippen LogP contribution in [-0.2, 0) is 16.6 Å². The van der Waals surface area contributed by atoms with Gasteiger partial charge in [0.15, 0.2) is 11.5 Å². The molecule has 146 valence electrons. The van der Waals surface area contributed by atoms with Gasteiger partial charge in [-0.05, 0) is 55.7 Å². The molecule has 2 aromatic rings. The number of carbonyl (C=O) groups is 1. The molecular weight excluding hydrogens is 376 g/mol. The van der Waals surface area contributed by atoms with Crippen LogP contribution in [0.4, 0.5) is 8.78 Å². The second kappa shape index (κ2) is 9.04. The number of alkyl halides is 2. The van der Waals surface area contributed by atoms with Crippen LogP contribution in [-0.4, -0.2) is 26.2 Å². The first-order valence-electron chi connectivity index (χ1n) is 8.40. The van der Waals surface area contributed by atoms with Gasteiger partial charge in [-0.15, -0.1) is 0 Å². The van der Waals surface area contributed by atoms with Crippen molar-refractivity contribution in [3.63, 3.8) is 0 Å². The van der Waals surface area contributed by atoms with E-state index in [2.05, 4.69) is 10.1 Å². The molecule has 0 atom stereocenters. The van der Waals surface area contributed by atoms with Gasteiger partial charge in [0.25, 0.3) is 0 Å². The van der Waals surface area contributed by atoms with E-state index in [1.165, 1.54) is 13.2 Å². The monoisotopic (exact) mass is 397 g/mol. The first-order chi connectivity index (χ1) is 12.7. The lowest BCUT2D eigenvalue weighted by Gasteiger charge is -2.24. The van der Waals surface area contributed by atoms with Gasteiger partial charge in [0.2, 0.25) is 5.91 Å². The second-order valence-corrected chi connectivity index (χ2v) is 6.94. The minimum atomic E-state index is -2.94. The predicted molar refractivity (Wildman–Crippen MR) is 101 cm³/mol. The lowest BCUT2D eigenvalue weighted by molar-refractivity contribution is -0.125. The van der Waals surface area contributed by atoms with E-state index < -0.39 is 12.0 Å². The number of methoxy groups -OCH3 is 1. The highest BCUT2D eigenvalue weighted by Crippen LogP contribution is 2.30. The van der Waals surface area contributed by atoms with Crippen molar-refractivity contribution in [3.05, 3.63) is 58.6 Å². The molecule has 0 saturated carbocycles. The summed E-state index contributed by atoms with van der Waals surface area (Å²) >= 11 is 5.89. The zero-order chi connectivity index (χ0) is 20.0. The normalized spacial score (nSPS) is 11.4. The molecule has 4 nitrogen and oxygen atoms in total. The summed E-state index contributed by atoms with van der Waals surface area (Å²) in [6, 6.07) is 11.9. The maximum atomic E-state index is 12.6. The smallest absolute Gasteiger partial charge is 0.387 e. The minimum absolute atomic E-state index is 0.0298. The van der Waals surface area contributed by atoms with Crippen LogP contribution in [0.2, 0.25) is 5.02 Å². The van der Waals surface area contributed by atoms with Crippen molar-refractivity contribution in [1.29, 1.82) is 0 Å². The van der Waals surface area contributed by atoms with Crippen molar-refractivity contribution in [3.8, 4) is 11.5 Å². The van der Waals surface area contributed by atoms with E-state index in [0.29, 0.717) is 18.0 Å². The maximum Gasteiger partial charge on any atom is 0.387 e. The zero-order valence-corrected chi connectivity index (χ0v) is 16.1. The van der Waals surface area contributed by atoms with Gasteiger partial charge < -0.3 is 14.8 Å². The first-order valence-corrected chi connectivity index (χ1v) is 8.78. The van der Waals surface area contributed by atoms with Crippen LogP contribution >= 0.6 is 11.6 Å². The number of benzene rings is 2. The van der Waals surface area contributed by atoms with Crippen LogP contribution in [0.1, 0.15) is 25.0 Å². The molecule has 0 fully saturated rings.